The van der Waals surface area contributed by atoms with Gasteiger partial charge in [-0.25, -0.2) is 9.37 Å². The van der Waals surface area contributed by atoms with Gasteiger partial charge in [0.15, 0.2) is 10.9 Å². The first-order chi connectivity index (χ1) is 17.5. The number of halogens is 3. The van der Waals surface area contributed by atoms with Crippen molar-refractivity contribution in [3.8, 4) is 17.3 Å². The predicted molar refractivity (Wildman–Crippen MR) is 138 cm³/mol. The minimum absolute atomic E-state index is 0.279. The van der Waals surface area contributed by atoms with Crippen LogP contribution in [0.3, 0.4) is 0 Å². The monoisotopic (exact) mass is 559 g/mol. The molecule has 36 heavy (non-hydrogen) atoms. The maximum atomic E-state index is 13.1. The van der Waals surface area contributed by atoms with Gasteiger partial charge in [0.1, 0.15) is 16.5 Å². The van der Waals surface area contributed by atoms with Gasteiger partial charge in [0.05, 0.1) is 22.7 Å². The second-order valence-electron chi connectivity index (χ2n) is 7.44. The van der Waals surface area contributed by atoms with Crippen LogP contribution in [0.1, 0.15) is 21.1 Å². The van der Waals surface area contributed by atoms with E-state index in [-0.39, 0.29) is 18.3 Å². The minimum atomic E-state index is -0.322. The Morgan fingerprint density at radius 1 is 1.14 bits per heavy atom. The van der Waals surface area contributed by atoms with Gasteiger partial charge in [-0.3, -0.25) is 9.36 Å². The first-order valence-electron chi connectivity index (χ1n) is 10.5. The predicted octanol–water partition coefficient (Wildman–Crippen LogP) is 6.65. The fourth-order valence-electron chi connectivity index (χ4n) is 3.29. The van der Waals surface area contributed by atoms with Crippen LogP contribution in [-0.4, -0.2) is 25.7 Å². The fraction of sp³-hybridized carbons (Fsp3) is 0.0833. The summed E-state index contributed by atoms with van der Waals surface area (Å²) >= 11 is 15.3. The number of benzene rings is 2. The molecule has 0 bridgehead atoms. The van der Waals surface area contributed by atoms with Crippen molar-refractivity contribution in [3.05, 3.63) is 98.4 Å². The van der Waals surface area contributed by atoms with Gasteiger partial charge < -0.3 is 9.73 Å². The first-order valence-corrected chi connectivity index (χ1v) is 13.1. The van der Waals surface area contributed by atoms with E-state index in [0.717, 1.165) is 10.6 Å². The minimum Gasteiger partial charge on any atom is -0.461 e. The molecule has 3 aromatic heterocycles. The average Bonchev–Trinajstić information content (AvgIpc) is 3.63. The van der Waals surface area contributed by atoms with E-state index >= 15 is 0 Å². The molecule has 7 nitrogen and oxygen atoms in total. The molecule has 0 unspecified atom stereocenters. The number of hydrogen-bond acceptors (Lipinski definition) is 7. The summed E-state index contributed by atoms with van der Waals surface area (Å²) in [7, 11) is 0. The molecule has 5 aromatic rings. The Balaban J connectivity index is 1.31. The first kappa shape index (κ1) is 24.5. The SMILES string of the molecule is O=C(NCc1ccc(F)cc1)c1csc(CSc2nnc(-c3ccco3)n2-c2ccc(Cl)cc2Cl)n1. The summed E-state index contributed by atoms with van der Waals surface area (Å²) in [4.78, 5) is 16.9. The van der Waals surface area contributed by atoms with E-state index < -0.39 is 0 Å². The fourth-order valence-corrected chi connectivity index (χ4v) is 5.52. The lowest BCUT2D eigenvalue weighted by Crippen LogP contribution is -2.23. The number of nitrogens with one attached hydrogen (secondary N) is 1. The van der Waals surface area contributed by atoms with Crippen LogP contribution in [0.2, 0.25) is 10.0 Å². The Hall–Kier alpha value is -3.18. The molecule has 2 aromatic carbocycles. The number of thioether (sulfide) groups is 1. The molecule has 0 atom stereocenters. The molecule has 0 radical (unpaired) electrons. The third-order valence-electron chi connectivity index (χ3n) is 5.00. The highest BCUT2D eigenvalue weighted by Gasteiger charge is 2.21. The van der Waals surface area contributed by atoms with Crippen molar-refractivity contribution < 1.29 is 13.6 Å². The summed E-state index contributed by atoms with van der Waals surface area (Å²) in [5, 5.41) is 15.4. The lowest BCUT2D eigenvalue weighted by molar-refractivity contribution is 0.0946. The van der Waals surface area contributed by atoms with Gasteiger partial charge in [-0.15, -0.1) is 21.5 Å². The van der Waals surface area contributed by atoms with Gasteiger partial charge in [-0.1, -0.05) is 47.1 Å². The summed E-state index contributed by atoms with van der Waals surface area (Å²) < 4.78 is 20.4. The summed E-state index contributed by atoms with van der Waals surface area (Å²) in [6.07, 6.45) is 1.56. The normalized spacial score (nSPS) is 11.1. The second-order valence-corrected chi connectivity index (χ2v) is 10.2. The van der Waals surface area contributed by atoms with Crippen LogP contribution in [-0.2, 0) is 12.3 Å². The number of hydrogen-bond donors (Lipinski definition) is 1. The van der Waals surface area contributed by atoms with E-state index in [1.165, 1.54) is 35.2 Å². The Morgan fingerprint density at radius 3 is 2.72 bits per heavy atom. The molecule has 182 valence electrons. The summed E-state index contributed by atoms with van der Waals surface area (Å²) in [5.41, 5.74) is 1.76. The molecule has 0 fully saturated rings. The van der Waals surface area contributed by atoms with Gasteiger partial charge in [-0.05, 0) is 48.0 Å². The van der Waals surface area contributed by atoms with E-state index in [2.05, 4.69) is 20.5 Å². The van der Waals surface area contributed by atoms with Crippen molar-refractivity contribution in [1.82, 2.24) is 25.1 Å². The molecule has 3 heterocycles. The third kappa shape index (κ3) is 5.46. The number of amides is 1. The lowest BCUT2D eigenvalue weighted by Gasteiger charge is -2.11. The largest absolute Gasteiger partial charge is 0.461 e. The Kier molecular flexibility index (Phi) is 7.38. The van der Waals surface area contributed by atoms with Crippen LogP contribution in [0.5, 0.6) is 0 Å². The smallest absolute Gasteiger partial charge is 0.271 e. The topological polar surface area (TPSA) is 85.8 Å². The molecule has 0 aliphatic carbocycles. The molecule has 0 saturated carbocycles. The van der Waals surface area contributed by atoms with Crippen molar-refractivity contribution >= 4 is 52.2 Å². The van der Waals surface area contributed by atoms with Crippen molar-refractivity contribution in [3.63, 3.8) is 0 Å². The number of nitrogens with zero attached hydrogens (tertiary/aromatic N) is 4. The molecular weight excluding hydrogens is 544 g/mol. The van der Waals surface area contributed by atoms with Crippen molar-refractivity contribution in [2.45, 2.75) is 17.5 Å². The molecule has 12 heteroatoms. The number of furan rings is 1. The molecule has 0 aliphatic heterocycles. The Labute approximate surface area is 223 Å². The van der Waals surface area contributed by atoms with Gasteiger partial charge in [-0.2, -0.15) is 0 Å². The number of carbonyl (C=O) groups is 1. The maximum Gasteiger partial charge on any atom is 0.271 e. The summed E-state index contributed by atoms with van der Waals surface area (Å²) in [5.74, 6) is 0.860. The zero-order valence-corrected chi connectivity index (χ0v) is 21.5. The standard InChI is InChI=1S/C24H16Cl2FN5O2S2/c25-15-5-8-19(17(26)10-15)32-22(20-2-1-9-34-20)30-31-24(32)36-13-21-29-18(12-35-21)23(33)28-11-14-3-6-16(27)7-4-14/h1-10,12H,11,13H2,(H,28,33). The van der Waals surface area contributed by atoms with Crippen LogP contribution in [0.4, 0.5) is 4.39 Å². The highest BCUT2D eigenvalue weighted by atomic mass is 35.5. The van der Waals surface area contributed by atoms with E-state index in [1.54, 1.807) is 58.7 Å². The molecule has 0 aliphatic rings. The van der Waals surface area contributed by atoms with E-state index in [9.17, 15) is 9.18 Å². The van der Waals surface area contributed by atoms with Crippen molar-refractivity contribution in [1.29, 1.82) is 0 Å². The van der Waals surface area contributed by atoms with Gasteiger partial charge in [0, 0.05) is 16.9 Å². The van der Waals surface area contributed by atoms with E-state index in [4.69, 9.17) is 27.6 Å². The number of rotatable bonds is 8. The van der Waals surface area contributed by atoms with Crippen LogP contribution in [0.25, 0.3) is 17.3 Å². The summed E-state index contributed by atoms with van der Waals surface area (Å²) in [6.45, 7) is 0.279. The number of aromatic nitrogens is 4. The Bertz CT molecular complexity index is 1500. The van der Waals surface area contributed by atoms with Crippen molar-refractivity contribution in [2.24, 2.45) is 0 Å². The van der Waals surface area contributed by atoms with Gasteiger partial charge in [0.2, 0.25) is 5.82 Å². The second kappa shape index (κ2) is 10.8. The molecule has 1 amide bonds. The van der Waals surface area contributed by atoms with Crippen LogP contribution < -0.4 is 5.32 Å². The van der Waals surface area contributed by atoms with Crippen LogP contribution in [0.15, 0.2) is 75.8 Å². The average molecular weight is 560 g/mol. The van der Waals surface area contributed by atoms with Crippen LogP contribution >= 0.6 is 46.3 Å². The maximum absolute atomic E-state index is 13.1. The highest BCUT2D eigenvalue weighted by Crippen LogP contribution is 2.34. The molecule has 0 spiro atoms. The zero-order valence-electron chi connectivity index (χ0n) is 18.3. The zero-order chi connectivity index (χ0) is 25.1. The lowest BCUT2D eigenvalue weighted by atomic mass is 10.2. The van der Waals surface area contributed by atoms with E-state index in [0.29, 0.717) is 43.9 Å². The molecule has 1 N–H and O–H groups in total. The van der Waals surface area contributed by atoms with Crippen LogP contribution in [0, 0.1) is 5.82 Å². The summed E-state index contributed by atoms with van der Waals surface area (Å²) in [6, 6.07) is 14.7. The third-order valence-corrected chi connectivity index (χ3v) is 7.51. The number of carbonyl (C=O) groups excluding carboxylic acids is 1. The molecule has 0 saturated heterocycles. The molecular formula is C24H16Cl2FN5O2S2. The molecule has 5 rings (SSSR count). The quantitative estimate of drug-likeness (QED) is 0.214. The number of thiazole rings is 1. The van der Waals surface area contributed by atoms with Gasteiger partial charge in [0.25, 0.3) is 5.91 Å². The van der Waals surface area contributed by atoms with E-state index in [1.807, 2.05) is 0 Å². The highest BCUT2D eigenvalue weighted by molar-refractivity contribution is 7.98. The Morgan fingerprint density at radius 2 is 1.97 bits per heavy atom. The van der Waals surface area contributed by atoms with Crippen molar-refractivity contribution in [2.75, 3.05) is 0 Å². The van der Waals surface area contributed by atoms with Gasteiger partial charge >= 0.3 is 0 Å².